The van der Waals surface area contributed by atoms with Crippen molar-refractivity contribution in [3.63, 3.8) is 0 Å². The molecule has 226 valence electrons. The van der Waals surface area contributed by atoms with Crippen LogP contribution >= 0.6 is 0 Å². The number of allylic oxidation sites excluding steroid dienone is 1. The molecule has 0 unspecified atom stereocenters. The Hall–Kier alpha value is -3.89. The second-order valence-electron chi connectivity index (χ2n) is 11.8. The van der Waals surface area contributed by atoms with Gasteiger partial charge in [-0.1, -0.05) is 60.5 Å². The first-order chi connectivity index (χ1) is 20.4. The summed E-state index contributed by atoms with van der Waals surface area (Å²) < 4.78 is 5.58. The molecule has 3 amide bonds. The van der Waals surface area contributed by atoms with Gasteiger partial charge in [0.15, 0.2) is 0 Å². The van der Waals surface area contributed by atoms with Crippen LogP contribution in [-0.4, -0.2) is 76.5 Å². The van der Waals surface area contributed by atoms with Crippen molar-refractivity contribution in [3.8, 4) is 0 Å². The molecule has 1 aromatic carbocycles. The number of carbonyl (C=O) groups excluding carboxylic acids is 3. The van der Waals surface area contributed by atoms with Crippen LogP contribution in [0.25, 0.3) is 0 Å². The zero-order valence-electron chi connectivity index (χ0n) is 23.8. The Kier molecular flexibility index (Phi) is 9.44. The summed E-state index contributed by atoms with van der Waals surface area (Å²) in [5.41, 5.74) is -0.559. The highest BCUT2D eigenvalue weighted by Crippen LogP contribution is 2.45. The zero-order chi connectivity index (χ0) is 29.5. The summed E-state index contributed by atoms with van der Waals surface area (Å²) in [6.07, 6.45) is 11.7. The van der Waals surface area contributed by atoms with Crippen LogP contribution in [0.4, 0.5) is 4.79 Å². The van der Waals surface area contributed by atoms with E-state index in [4.69, 9.17) is 9.57 Å². The first-order valence-electron chi connectivity index (χ1n) is 15.1. The monoisotopic (exact) mass is 580 g/mol. The molecule has 2 aliphatic carbocycles. The van der Waals surface area contributed by atoms with E-state index in [0.29, 0.717) is 19.3 Å². The maximum Gasteiger partial charge on any atom is 0.408 e. The third kappa shape index (κ3) is 7.11. The number of aliphatic carboxylic acids is 1. The number of fused-ring (bicyclic) bond motifs is 2. The highest BCUT2D eigenvalue weighted by molar-refractivity contribution is 5.96. The summed E-state index contributed by atoms with van der Waals surface area (Å²) in [6, 6.07) is 7.52. The van der Waals surface area contributed by atoms with Gasteiger partial charge in [-0.15, -0.1) is 0 Å². The average Bonchev–Trinajstić information content (AvgIpc) is 3.27. The fourth-order valence-corrected chi connectivity index (χ4v) is 6.19. The maximum absolute atomic E-state index is 14.0. The lowest BCUT2D eigenvalue weighted by Gasteiger charge is -2.29. The molecule has 3 N–H and O–H groups in total. The number of hydrogen-bond donors (Lipinski definition) is 3. The van der Waals surface area contributed by atoms with Crippen molar-refractivity contribution in [2.75, 3.05) is 6.54 Å². The average molecular weight is 581 g/mol. The molecule has 4 aliphatic rings. The Labute approximate surface area is 245 Å². The SMILES string of the molecule is O=C(N[C@H]1CCCCC/C=C\[C@@H]2C[C@]2(C(=O)O)NC(=O)[C@@H]2C[C@@H](O/N=C/c3ccccc3)CN2C1=O)OC1CCCC1. The van der Waals surface area contributed by atoms with Gasteiger partial charge in [0, 0.05) is 12.3 Å². The highest BCUT2D eigenvalue weighted by Gasteiger charge is 2.61. The second-order valence-corrected chi connectivity index (χ2v) is 11.8. The predicted molar refractivity (Wildman–Crippen MR) is 154 cm³/mol. The fourth-order valence-electron chi connectivity index (χ4n) is 6.19. The van der Waals surface area contributed by atoms with Gasteiger partial charge in [-0.25, -0.2) is 9.59 Å². The lowest BCUT2D eigenvalue weighted by atomic mass is 10.0. The van der Waals surface area contributed by atoms with Crippen molar-refractivity contribution in [1.82, 2.24) is 15.5 Å². The molecule has 0 spiro atoms. The molecule has 5 rings (SSSR count). The molecule has 2 heterocycles. The summed E-state index contributed by atoms with van der Waals surface area (Å²) in [7, 11) is 0. The topological polar surface area (TPSA) is 147 Å². The number of carboxylic acid groups (broad SMARTS) is 1. The number of rotatable bonds is 6. The Morgan fingerprint density at radius 1 is 1.05 bits per heavy atom. The first kappa shape index (κ1) is 29.6. The van der Waals surface area contributed by atoms with Gasteiger partial charge in [0.05, 0.1) is 12.8 Å². The third-order valence-corrected chi connectivity index (χ3v) is 8.70. The fraction of sp³-hybridized carbons (Fsp3) is 0.581. The predicted octanol–water partition coefficient (Wildman–Crippen LogP) is 3.52. The van der Waals surface area contributed by atoms with Gasteiger partial charge >= 0.3 is 12.1 Å². The van der Waals surface area contributed by atoms with E-state index < -0.39 is 47.6 Å². The Bertz CT molecular complexity index is 1200. The van der Waals surface area contributed by atoms with Crippen LogP contribution in [0.2, 0.25) is 0 Å². The van der Waals surface area contributed by atoms with Gasteiger partial charge in [0.25, 0.3) is 0 Å². The van der Waals surface area contributed by atoms with Crippen LogP contribution < -0.4 is 10.6 Å². The van der Waals surface area contributed by atoms with E-state index in [1.807, 2.05) is 42.5 Å². The lowest BCUT2D eigenvalue weighted by Crippen LogP contribution is -2.56. The molecule has 1 aromatic rings. The molecule has 0 bridgehead atoms. The van der Waals surface area contributed by atoms with Crippen LogP contribution in [0.5, 0.6) is 0 Å². The molecule has 0 radical (unpaired) electrons. The molecule has 5 atom stereocenters. The number of benzene rings is 1. The summed E-state index contributed by atoms with van der Waals surface area (Å²) in [6.45, 7) is 0.0717. The van der Waals surface area contributed by atoms with E-state index in [1.165, 1.54) is 4.90 Å². The van der Waals surface area contributed by atoms with Gasteiger partial charge in [-0.05, 0) is 56.9 Å². The Morgan fingerprint density at radius 3 is 2.57 bits per heavy atom. The van der Waals surface area contributed by atoms with Gasteiger partial charge in [0.1, 0.15) is 29.8 Å². The molecule has 2 aliphatic heterocycles. The number of carboxylic acids is 1. The minimum absolute atomic E-state index is 0.0717. The molecular weight excluding hydrogens is 540 g/mol. The van der Waals surface area contributed by atoms with Crippen molar-refractivity contribution in [3.05, 3.63) is 48.0 Å². The van der Waals surface area contributed by atoms with Crippen molar-refractivity contribution in [2.24, 2.45) is 11.1 Å². The standard InChI is InChI=1S/C31H40N4O7/c36-27-26-17-24(42-32-19-21-11-5-4-6-12-21)20-35(26)28(37)25(33-30(40)41-23-14-9-10-15-23)16-8-3-1-2-7-13-22-18-31(22,34-27)29(38)39/h4-7,11-13,19,22-26H,1-3,8-10,14-18,20H2,(H,33,40)(H,34,36)(H,38,39)/b13-7-,32-19+/t22-,24-,25+,26+,31+/m1/s1. The van der Waals surface area contributed by atoms with E-state index in [9.17, 15) is 24.3 Å². The molecular formula is C31H40N4O7. The van der Waals surface area contributed by atoms with Crippen LogP contribution in [0, 0.1) is 5.92 Å². The number of amides is 3. The smallest absolute Gasteiger partial charge is 0.408 e. The van der Waals surface area contributed by atoms with Crippen molar-refractivity contribution in [1.29, 1.82) is 0 Å². The number of ether oxygens (including phenoxy) is 1. The number of carbonyl (C=O) groups is 4. The summed E-state index contributed by atoms with van der Waals surface area (Å²) in [5, 5.41) is 19.6. The number of nitrogens with zero attached hydrogens (tertiary/aromatic N) is 2. The molecule has 11 nitrogen and oxygen atoms in total. The van der Waals surface area contributed by atoms with Gasteiger partial charge in [-0.3, -0.25) is 9.59 Å². The van der Waals surface area contributed by atoms with E-state index in [0.717, 1.165) is 50.5 Å². The molecule has 11 heteroatoms. The van der Waals surface area contributed by atoms with Crippen LogP contribution in [0.1, 0.15) is 76.2 Å². The van der Waals surface area contributed by atoms with Crippen LogP contribution in [0.3, 0.4) is 0 Å². The molecule has 2 saturated carbocycles. The van der Waals surface area contributed by atoms with Crippen molar-refractivity contribution in [2.45, 2.75) is 100 Å². The Morgan fingerprint density at radius 2 is 1.81 bits per heavy atom. The normalized spacial score (nSPS) is 31.3. The van der Waals surface area contributed by atoms with Crippen molar-refractivity contribution < 1.29 is 33.9 Å². The zero-order valence-corrected chi connectivity index (χ0v) is 23.8. The highest BCUT2D eigenvalue weighted by atomic mass is 16.6. The summed E-state index contributed by atoms with van der Waals surface area (Å²) in [4.78, 5) is 59.8. The lowest BCUT2D eigenvalue weighted by molar-refractivity contribution is -0.145. The van der Waals surface area contributed by atoms with Crippen LogP contribution in [-0.2, 0) is 24.0 Å². The number of nitrogens with one attached hydrogen (secondary N) is 2. The summed E-state index contributed by atoms with van der Waals surface area (Å²) >= 11 is 0. The largest absolute Gasteiger partial charge is 0.479 e. The second kappa shape index (κ2) is 13.4. The summed E-state index contributed by atoms with van der Waals surface area (Å²) in [5.74, 6) is -2.37. The minimum Gasteiger partial charge on any atom is -0.479 e. The molecule has 3 fully saturated rings. The van der Waals surface area contributed by atoms with E-state index in [-0.39, 0.29) is 25.0 Å². The molecule has 0 aromatic heterocycles. The minimum atomic E-state index is -1.39. The van der Waals surface area contributed by atoms with E-state index in [2.05, 4.69) is 15.8 Å². The van der Waals surface area contributed by atoms with Gasteiger partial charge in [0.2, 0.25) is 11.8 Å². The molecule has 42 heavy (non-hydrogen) atoms. The molecule has 1 saturated heterocycles. The maximum atomic E-state index is 14.0. The third-order valence-electron chi connectivity index (χ3n) is 8.70. The van der Waals surface area contributed by atoms with Gasteiger partial charge < -0.3 is 30.2 Å². The van der Waals surface area contributed by atoms with Crippen molar-refractivity contribution >= 4 is 30.1 Å². The number of alkyl carbamates (subject to hydrolysis) is 1. The van der Waals surface area contributed by atoms with E-state index in [1.54, 1.807) is 6.21 Å². The van der Waals surface area contributed by atoms with Gasteiger partial charge in [-0.2, -0.15) is 0 Å². The number of hydrogen-bond acceptors (Lipinski definition) is 7. The first-order valence-corrected chi connectivity index (χ1v) is 15.1. The van der Waals surface area contributed by atoms with E-state index >= 15 is 0 Å². The van der Waals surface area contributed by atoms with Crippen LogP contribution in [0.15, 0.2) is 47.6 Å². The Balaban J connectivity index is 1.35. The number of oxime groups is 1. The quantitative estimate of drug-likeness (QED) is 0.265.